The largest absolute Gasteiger partial charge is 0.512 e. The Morgan fingerprint density at radius 3 is 2.71 bits per heavy atom. The minimum atomic E-state index is -0.780. The molecule has 0 amide bonds. The Morgan fingerprint density at radius 2 is 2.03 bits per heavy atom. The number of aromatic nitrogens is 4. The minimum absolute atomic E-state index is 0.0380. The third kappa shape index (κ3) is 4.52. The van der Waals surface area contributed by atoms with Gasteiger partial charge in [0.25, 0.3) is 5.78 Å². The molecule has 196 valence electrons. The topological polar surface area (TPSA) is 113 Å². The molecule has 0 saturated heterocycles. The molecular formula is C28H27Cl2N5O3. The van der Waals surface area contributed by atoms with E-state index in [0.29, 0.717) is 34.5 Å². The van der Waals surface area contributed by atoms with Gasteiger partial charge in [-0.05, 0) is 61.6 Å². The number of aliphatic hydroxyl groups is 1. The summed E-state index contributed by atoms with van der Waals surface area (Å²) < 4.78 is 7.68. The number of carbonyl (C=O) groups excluding carboxylic acids is 1. The molecule has 3 aromatic rings. The van der Waals surface area contributed by atoms with Crippen molar-refractivity contribution in [3.8, 4) is 6.07 Å². The fourth-order valence-electron chi connectivity index (χ4n) is 6.05. The Labute approximate surface area is 230 Å². The van der Waals surface area contributed by atoms with Crippen LogP contribution in [0.5, 0.6) is 0 Å². The number of nitrogens with zero attached hydrogens (tertiary/aromatic N) is 5. The van der Waals surface area contributed by atoms with Crippen LogP contribution in [0.25, 0.3) is 5.78 Å². The number of ether oxygens (including phenoxy) is 1. The Bertz CT molecular complexity index is 1500. The van der Waals surface area contributed by atoms with Crippen molar-refractivity contribution in [2.24, 2.45) is 5.92 Å². The number of nitriles is 1. The summed E-state index contributed by atoms with van der Waals surface area (Å²) in [5.74, 6) is 0.408. The quantitative estimate of drug-likeness (QED) is 0.366. The van der Waals surface area contributed by atoms with E-state index in [1.165, 1.54) is 10.7 Å². The van der Waals surface area contributed by atoms with Crippen molar-refractivity contribution in [3.05, 3.63) is 68.9 Å². The number of esters is 1. The standard InChI is InChI=1S/C28H27Cl2N5O3/c29-19-14-32-26-33-24(34-35(26)15-19)12-20-23(36)13-28(38-25(20)37,18-3-1-2-4-18)8-7-17-5-6-21(22(30)11-17)27(16-31)9-10-27/h5-6,11,14-15,18,36H,1-4,7-10,12-13H2. The van der Waals surface area contributed by atoms with E-state index >= 15 is 0 Å². The monoisotopic (exact) mass is 551 g/mol. The number of benzene rings is 1. The molecule has 2 saturated carbocycles. The van der Waals surface area contributed by atoms with E-state index in [-0.39, 0.29) is 30.1 Å². The van der Waals surface area contributed by atoms with Crippen LogP contribution >= 0.6 is 23.2 Å². The van der Waals surface area contributed by atoms with Gasteiger partial charge in [0.05, 0.1) is 34.5 Å². The molecule has 3 heterocycles. The number of rotatable bonds is 7. The van der Waals surface area contributed by atoms with Crippen LogP contribution in [0, 0.1) is 17.2 Å². The van der Waals surface area contributed by atoms with Crippen LogP contribution in [-0.4, -0.2) is 36.3 Å². The Balaban J connectivity index is 1.23. The van der Waals surface area contributed by atoms with Crippen molar-refractivity contribution >= 4 is 34.9 Å². The average Bonchev–Trinajstić information content (AvgIpc) is 3.28. The zero-order valence-electron chi connectivity index (χ0n) is 20.8. The molecule has 0 bridgehead atoms. The van der Waals surface area contributed by atoms with Gasteiger partial charge in [-0.25, -0.2) is 14.3 Å². The van der Waals surface area contributed by atoms with Crippen LogP contribution in [0.1, 0.15) is 68.3 Å². The summed E-state index contributed by atoms with van der Waals surface area (Å²) in [6, 6.07) is 8.31. The van der Waals surface area contributed by atoms with E-state index < -0.39 is 17.0 Å². The molecular weight excluding hydrogens is 525 g/mol. The number of fused-ring (bicyclic) bond motifs is 1. The number of hydrogen-bond donors (Lipinski definition) is 1. The second kappa shape index (κ2) is 9.55. The van der Waals surface area contributed by atoms with Crippen molar-refractivity contribution in [2.45, 2.75) is 75.2 Å². The Hall–Kier alpha value is -3.15. The number of hydrogen-bond acceptors (Lipinski definition) is 7. The summed E-state index contributed by atoms with van der Waals surface area (Å²) >= 11 is 12.6. The van der Waals surface area contributed by atoms with Crippen molar-refractivity contribution < 1.29 is 14.6 Å². The van der Waals surface area contributed by atoms with Gasteiger partial charge in [0.15, 0.2) is 5.82 Å². The first kappa shape index (κ1) is 25.1. The molecule has 2 aliphatic carbocycles. The van der Waals surface area contributed by atoms with Gasteiger partial charge >= 0.3 is 5.97 Å². The van der Waals surface area contributed by atoms with Crippen molar-refractivity contribution in [1.29, 1.82) is 5.26 Å². The van der Waals surface area contributed by atoms with Gasteiger partial charge in [0.1, 0.15) is 11.4 Å². The van der Waals surface area contributed by atoms with Gasteiger partial charge in [-0.2, -0.15) is 10.2 Å². The molecule has 1 aromatic carbocycles. The highest BCUT2D eigenvalue weighted by Gasteiger charge is 2.49. The predicted octanol–water partition coefficient (Wildman–Crippen LogP) is 5.85. The van der Waals surface area contributed by atoms with E-state index in [1.54, 1.807) is 6.20 Å². The van der Waals surface area contributed by atoms with Crippen molar-refractivity contribution in [3.63, 3.8) is 0 Å². The van der Waals surface area contributed by atoms with Gasteiger partial charge in [0, 0.05) is 17.9 Å². The van der Waals surface area contributed by atoms with Crippen LogP contribution < -0.4 is 0 Å². The van der Waals surface area contributed by atoms with Gasteiger partial charge in [-0.15, -0.1) is 5.10 Å². The molecule has 2 aromatic heterocycles. The van der Waals surface area contributed by atoms with Crippen LogP contribution in [0.3, 0.4) is 0 Å². The lowest BCUT2D eigenvalue weighted by Gasteiger charge is -2.41. The highest BCUT2D eigenvalue weighted by molar-refractivity contribution is 6.31. The number of carbonyl (C=O) groups is 1. The molecule has 3 aliphatic rings. The third-order valence-electron chi connectivity index (χ3n) is 8.35. The Morgan fingerprint density at radius 1 is 1.24 bits per heavy atom. The molecule has 1 unspecified atom stereocenters. The van der Waals surface area contributed by atoms with Crippen LogP contribution in [0.15, 0.2) is 41.9 Å². The second-order valence-corrected chi connectivity index (χ2v) is 11.6. The zero-order chi connectivity index (χ0) is 26.5. The third-order valence-corrected chi connectivity index (χ3v) is 8.86. The number of aliphatic hydroxyl groups excluding tert-OH is 1. The van der Waals surface area contributed by atoms with E-state index in [4.69, 9.17) is 27.9 Å². The maximum Gasteiger partial charge on any atom is 0.338 e. The fraction of sp³-hybridized carbons (Fsp3) is 0.464. The molecule has 38 heavy (non-hydrogen) atoms. The van der Waals surface area contributed by atoms with Crippen molar-refractivity contribution in [2.75, 3.05) is 0 Å². The first-order chi connectivity index (χ1) is 18.3. The first-order valence-electron chi connectivity index (χ1n) is 13.0. The highest BCUT2D eigenvalue weighted by atomic mass is 35.5. The summed E-state index contributed by atoms with van der Waals surface area (Å²) in [6.45, 7) is 0. The smallest absolute Gasteiger partial charge is 0.338 e. The van der Waals surface area contributed by atoms with Crippen LogP contribution in [-0.2, 0) is 27.8 Å². The number of cyclic esters (lactones) is 1. The molecule has 0 radical (unpaired) electrons. The molecule has 1 atom stereocenters. The fourth-order valence-corrected chi connectivity index (χ4v) is 6.57. The summed E-state index contributed by atoms with van der Waals surface area (Å²) in [6.07, 6.45) is 10.4. The molecule has 1 N–H and O–H groups in total. The summed E-state index contributed by atoms with van der Waals surface area (Å²) in [4.78, 5) is 21.8. The van der Waals surface area contributed by atoms with Gasteiger partial charge in [-0.3, -0.25) is 0 Å². The van der Waals surface area contributed by atoms with Gasteiger partial charge in [0.2, 0.25) is 0 Å². The molecule has 10 heteroatoms. The lowest BCUT2D eigenvalue weighted by Crippen LogP contribution is -2.46. The SMILES string of the molecule is N#CC1(c2ccc(CCC3(C4CCCC4)CC(O)=C(Cc4nc5ncc(Cl)cn5n4)C(=O)O3)cc2Cl)CC1. The zero-order valence-corrected chi connectivity index (χ0v) is 22.3. The van der Waals surface area contributed by atoms with Crippen molar-refractivity contribution in [1.82, 2.24) is 19.6 Å². The van der Waals surface area contributed by atoms with E-state index in [2.05, 4.69) is 21.1 Å². The molecule has 8 nitrogen and oxygen atoms in total. The van der Waals surface area contributed by atoms with Gasteiger partial charge < -0.3 is 9.84 Å². The Kier molecular flexibility index (Phi) is 6.32. The normalized spacial score (nSPS) is 23.0. The number of halogens is 2. The second-order valence-electron chi connectivity index (χ2n) is 10.8. The molecule has 2 fully saturated rings. The molecule has 0 spiro atoms. The summed E-state index contributed by atoms with van der Waals surface area (Å²) in [5, 5.41) is 26.1. The summed E-state index contributed by atoms with van der Waals surface area (Å²) in [7, 11) is 0. The van der Waals surface area contributed by atoms with Gasteiger partial charge in [-0.1, -0.05) is 48.2 Å². The number of aryl methyl sites for hydroxylation is 1. The predicted molar refractivity (Wildman–Crippen MR) is 141 cm³/mol. The average molecular weight is 552 g/mol. The maximum atomic E-state index is 13.3. The van der Waals surface area contributed by atoms with E-state index in [0.717, 1.165) is 49.7 Å². The lowest BCUT2D eigenvalue weighted by atomic mass is 9.76. The van der Waals surface area contributed by atoms with E-state index in [1.807, 2.05) is 18.2 Å². The first-order valence-corrected chi connectivity index (χ1v) is 13.8. The maximum absolute atomic E-state index is 13.3. The molecule has 1 aliphatic heterocycles. The van der Waals surface area contributed by atoms with Crippen LogP contribution in [0.4, 0.5) is 0 Å². The highest BCUT2D eigenvalue weighted by Crippen LogP contribution is 2.50. The molecule has 6 rings (SSSR count). The van der Waals surface area contributed by atoms with Crippen LogP contribution in [0.2, 0.25) is 10.0 Å². The lowest BCUT2D eigenvalue weighted by molar-refractivity contribution is -0.167. The minimum Gasteiger partial charge on any atom is -0.512 e. The van der Waals surface area contributed by atoms with E-state index in [9.17, 15) is 15.2 Å². The summed E-state index contributed by atoms with van der Waals surface area (Å²) in [5.41, 5.74) is 0.876.